The molecule has 1 aliphatic heterocycles. The van der Waals surface area contributed by atoms with Crippen molar-refractivity contribution in [2.24, 2.45) is 0 Å². The summed E-state index contributed by atoms with van der Waals surface area (Å²) in [6.45, 7) is 0.120. The van der Waals surface area contributed by atoms with E-state index in [1.54, 1.807) is 0 Å². The molecule has 0 aromatic heterocycles. The standard InChI is InChI=1S/C12H12N2O4/c15-10-6-9(11(16)14-10)13-12(17)18-7-8-4-2-1-3-5-8/h1-5,9H,6-7H2,(H,13,17)(H,14,15,16)/t9-/m0/s1. The molecule has 1 aromatic rings. The summed E-state index contributed by atoms with van der Waals surface area (Å²) in [6, 6.07) is 8.33. The highest BCUT2D eigenvalue weighted by atomic mass is 16.5. The first-order valence-corrected chi connectivity index (χ1v) is 5.46. The van der Waals surface area contributed by atoms with Crippen molar-refractivity contribution in [3.63, 3.8) is 0 Å². The highest BCUT2D eigenvalue weighted by molar-refractivity contribution is 6.06. The fourth-order valence-corrected chi connectivity index (χ4v) is 1.58. The number of nitrogens with one attached hydrogen (secondary N) is 2. The molecule has 1 aromatic carbocycles. The molecule has 0 saturated carbocycles. The van der Waals surface area contributed by atoms with Crippen molar-refractivity contribution in [3.05, 3.63) is 35.9 Å². The fraction of sp³-hybridized carbons (Fsp3) is 0.250. The molecule has 2 rings (SSSR count). The maximum atomic E-state index is 11.4. The molecule has 0 unspecified atom stereocenters. The lowest BCUT2D eigenvalue weighted by Crippen LogP contribution is -2.40. The first kappa shape index (κ1) is 12.1. The van der Waals surface area contributed by atoms with E-state index in [0.717, 1.165) is 5.56 Å². The summed E-state index contributed by atoms with van der Waals surface area (Å²) < 4.78 is 4.93. The third kappa shape index (κ3) is 3.07. The van der Waals surface area contributed by atoms with Crippen molar-refractivity contribution in [2.75, 3.05) is 0 Å². The van der Waals surface area contributed by atoms with Crippen LogP contribution >= 0.6 is 0 Å². The molecule has 6 heteroatoms. The molecule has 3 amide bonds. The molecule has 18 heavy (non-hydrogen) atoms. The van der Waals surface area contributed by atoms with Crippen molar-refractivity contribution in [1.29, 1.82) is 0 Å². The van der Waals surface area contributed by atoms with Gasteiger partial charge in [0.25, 0.3) is 0 Å². The normalized spacial score (nSPS) is 18.3. The number of hydrogen-bond acceptors (Lipinski definition) is 4. The third-order valence-corrected chi connectivity index (χ3v) is 2.47. The van der Waals surface area contributed by atoms with Gasteiger partial charge in [0, 0.05) is 0 Å². The summed E-state index contributed by atoms with van der Waals surface area (Å²) in [5, 5.41) is 4.43. The van der Waals surface area contributed by atoms with Gasteiger partial charge in [-0.3, -0.25) is 14.9 Å². The Balaban J connectivity index is 1.79. The largest absolute Gasteiger partial charge is 0.445 e. The first-order chi connectivity index (χ1) is 8.65. The quantitative estimate of drug-likeness (QED) is 0.755. The maximum Gasteiger partial charge on any atom is 0.408 e. The molecular weight excluding hydrogens is 236 g/mol. The van der Waals surface area contributed by atoms with Crippen molar-refractivity contribution in [1.82, 2.24) is 10.6 Å². The monoisotopic (exact) mass is 248 g/mol. The minimum atomic E-state index is -0.833. The average molecular weight is 248 g/mol. The Morgan fingerprint density at radius 1 is 1.33 bits per heavy atom. The van der Waals surface area contributed by atoms with Gasteiger partial charge < -0.3 is 10.1 Å². The Hall–Kier alpha value is -2.37. The van der Waals surface area contributed by atoms with Crippen LogP contribution in [0.4, 0.5) is 4.79 Å². The Labute approximate surface area is 103 Å². The number of amides is 3. The van der Waals surface area contributed by atoms with Gasteiger partial charge in [-0.15, -0.1) is 0 Å². The van der Waals surface area contributed by atoms with Gasteiger partial charge in [-0.1, -0.05) is 30.3 Å². The number of rotatable bonds is 3. The summed E-state index contributed by atoms with van der Waals surface area (Å²) in [4.78, 5) is 33.5. The zero-order valence-corrected chi connectivity index (χ0v) is 9.51. The smallest absolute Gasteiger partial charge is 0.408 e. The summed E-state index contributed by atoms with van der Waals surface area (Å²) in [5.74, 6) is -0.898. The topological polar surface area (TPSA) is 84.5 Å². The van der Waals surface area contributed by atoms with E-state index in [2.05, 4.69) is 10.6 Å². The van der Waals surface area contributed by atoms with Crippen LogP contribution in [0, 0.1) is 0 Å². The predicted molar refractivity (Wildman–Crippen MR) is 61.3 cm³/mol. The predicted octanol–water partition coefficient (Wildman–Crippen LogP) is 0.328. The molecule has 1 atom stereocenters. The second-order valence-electron chi connectivity index (χ2n) is 3.88. The number of hydrogen-bond donors (Lipinski definition) is 2. The Bertz CT molecular complexity index is 472. The van der Waals surface area contributed by atoms with Gasteiger partial charge >= 0.3 is 6.09 Å². The van der Waals surface area contributed by atoms with Crippen LogP contribution in [-0.4, -0.2) is 23.9 Å². The van der Waals surface area contributed by atoms with Crippen LogP contribution < -0.4 is 10.6 Å². The van der Waals surface area contributed by atoms with Gasteiger partial charge in [-0.25, -0.2) is 4.79 Å². The second-order valence-corrected chi connectivity index (χ2v) is 3.88. The molecule has 0 bridgehead atoms. The lowest BCUT2D eigenvalue weighted by molar-refractivity contribution is -0.125. The van der Waals surface area contributed by atoms with Crippen LogP contribution in [-0.2, 0) is 20.9 Å². The third-order valence-electron chi connectivity index (χ3n) is 2.47. The molecule has 0 spiro atoms. The summed E-state index contributed by atoms with van der Waals surface area (Å²) in [7, 11) is 0. The molecule has 1 fully saturated rings. The Morgan fingerprint density at radius 2 is 2.06 bits per heavy atom. The van der Waals surface area contributed by atoms with Crippen molar-refractivity contribution < 1.29 is 19.1 Å². The molecule has 0 radical (unpaired) electrons. The first-order valence-electron chi connectivity index (χ1n) is 5.46. The maximum absolute atomic E-state index is 11.4. The highest BCUT2D eigenvalue weighted by Crippen LogP contribution is 2.03. The fourth-order valence-electron chi connectivity index (χ4n) is 1.58. The lowest BCUT2D eigenvalue weighted by Gasteiger charge is -2.09. The van der Waals surface area contributed by atoms with Crippen LogP contribution in [0.1, 0.15) is 12.0 Å². The molecule has 6 nitrogen and oxygen atoms in total. The zero-order chi connectivity index (χ0) is 13.0. The molecule has 1 aliphatic rings. The van der Waals surface area contributed by atoms with E-state index >= 15 is 0 Å². The van der Waals surface area contributed by atoms with Gasteiger partial charge in [0.2, 0.25) is 11.8 Å². The van der Waals surface area contributed by atoms with Crippen molar-refractivity contribution >= 4 is 17.9 Å². The molecular formula is C12H12N2O4. The van der Waals surface area contributed by atoms with E-state index in [1.165, 1.54) is 0 Å². The van der Waals surface area contributed by atoms with E-state index < -0.39 is 23.9 Å². The molecule has 2 N–H and O–H groups in total. The number of ether oxygens (including phenoxy) is 1. The van der Waals surface area contributed by atoms with E-state index in [-0.39, 0.29) is 13.0 Å². The summed E-state index contributed by atoms with van der Waals surface area (Å²) >= 11 is 0. The molecule has 1 heterocycles. The minimum Gasteiger partial charge on any atom is -0.445 e. The summed E-state index contributed by atoms with van der Waals surface area (Å²) in [6.07, 6.45) is -0.757. The van der Waals surface area contributed by atoms with Crippen LogP contribution in [0.5, 0.6) is 0 Å². The highest BCUT2D eigenvalue weighted by Gasteiger charge is 2.31. The lowest BCUT2D eigenvalue weighted by atomic mass is 10.2. The van der Waals surface area contributed by atoms with E-state index in [9.17, 15) is 14.4 Å². The van der Waals surface area contributed by atoms with Gasteiger partial charge in [-0.2, -0.15) is 0 Å². The van der Waals surface area contributed by atoms with Crippen LogP contribution in [0.2, 0.25) is 0 Å². The summed E-state index contributed by atoms with van der Waals surface area (Å²) in [5.41, 5.74) is 0.847. The second kappa shape index (κ2) is 5.31. The van der Waals surface area contributed by atoms with Gasteiger partial charge in [0.05, 0.1) is 6.42 Å². The van der Waals surface area contributed by atoms with Crippen molar-refractivity contribution in [3.8, 4) is 0 Å². The number of carbonyl (C=O) groups is 3. The van der Waals surface area contributed by atoms with E-state index in [0.29, 0.717) is 0 Å². The van der Waals surface area contributed by atoms with E-state index in [4.69, 9.17) is 4.74 Å². The number of carbonyl (C=O) groups excluding carboxylic acids is 3. The van der Waals surface area contributed by atoms with Crippen LogP contribution in [0.15, 0.2) is 30.3 Å². The van der Waals surface area contributed by atoms with Crippen LogP contribution in [0.3, 0.4) is 0 Å². The zero-order valence-electron chi connectivity index (χ0n) is 9.51. The SMILES string of the molecule is O=C1C[C@H](NC(=O)OCc2ccccc2)C(=O)N1. The minimum absolute atomic E-state index is 0.0424. The van der Waals surface area contributed by atoms with E-state index in [1.807, 2.05) is 30.3 Å². The van der Waals surface area contributed by atoms with Gasteiger partial charge in [0.1, 0.15) is 12.6 Å². The molecule has 0 aliphatic carbocycles. The number of imide groups is 1. The number of alkyl carbamates (subject to hydrolysis) is 1. The van der Waals surface area contributed by atoms with Crippen LogP contribution in [0.25, 0.3) is 0 Å². The van der Waals surface area contributed by atoms with Gasteiger partial charge in [0.15, 0.2) is 0 Å². The van der Waals surface area contributed by atoms with Gasteiger partial charge in [-0.05, 0) is 5.56 Å². The average Bonchev–Trinajstić information content (AvgIpc) is 2.67. The molecule has 1 saturated heterocycles. The Kier molecular flexibility index (Phi) is 3.57. The molecule has 94 valence electrons. The number of benzene rings is 1. The Morgan fingerprint density at radius 3 is 2.67 bits per heavy atom. The van der Waals surface area contributed by atoms with Crippen molar-refractivity contribution in [2.45, 2.75) is 19.1 Å².